The van der Waals surface area contributed by atoms with Crippen molar-refractivity contribution < 1.29 is 9.59 Å². The summed E-state index contributed by atoms with van der Waals surface area (Å²) < 4.78 is 0. The number of rotatable bonds is 5. The molecule has 0 saturated carbocycles. The molecule has 1 aliphatic carbocycles. The summed E-state index contributed by atoms with van der Waals surface area (Å²) in [5.74, 6) is -0.200. The Balaban J connectivity index is 1.53. The smallest absolute Gasteiger partial charge is 0.224 e. The van der Waals surface area contributed by atoms with E-state index in [1.807, 2.05) is 24.3 Å². The number of nitriles is 1. The minimum atomic E-state index is -0.200. The zero-order chi connectivity index (χ0) is 16.9. The topological polar surface area (TPSA) is 70.0 Å². The molecular weight excluding hydrogens is 300 g/mol. The number of aryl methyl sites for hydroxylation is 2. The van der Waals surface area contributed by atoms with E-state index in [4.69, 9.17) is 5.26 Å². The molecule has 4 heteroatoms. The highest BCUT2D eigenvalue weighted by Crippen LogP contribution is 2.23. The maximum Gasteiger partial charge on any atom is 0.224 e. The first-order valence-corrected chi connectivity index (χ1v) is 8.11. The molecule has 4 nitrogen and oxygen atoms in total. The zero-order valence-electron chi connectivity index (χ0n) is 13.3. The zero-order valence-corrected chi connectivity index (χ0v) is 13.3. The van der Waals surface area contributed by atoms with Gasteiger partial charge in [0.2, 0.25) is 5.91 Å². The van der Waals surface area contributed by atoms with E-state index < -0.39 is 0 Å². The van der Waals surface area contributed by atoms with E-state index in [2.05, 4.69) is 5.32 Å². The van der Waals surface area contributed by atoms with Gasteiger partial charge in [-0.3, -0.25) is 9.59 Å². The van der Waals surface area contributed by atoms with Crippen LogP contribution in [0, 0.1) is 11.3 Å². The summed E-state index contributed by atoms with van der Waals surface area (Å²) >= 11 is 0. The van der Waals surface area contributed by atoms with Gasteiger partial charge in [0.25, 0.3) is 0 Å². The molecule has 1 N–H and O–H groups in total. The molecule has 3 rings (SSSR count). The molecule has 120 valence electrons. The van der Waals surface area contributed by atoms with Crippen molar-refractivity contribution in [1.29, 1.82) is 5.26 Å². The van der Waals surface area contributed by atoms with Crippen molar-refractivity contribution in [3.8, 4) is 6.07 Å². The number of carbonyl (C=O) groups excluding carboxylic acids is 2. The fourth-order valence-corrected chi connectivity index (χ4v) is 2.97. The van der Waals surface area contributed by atoms with Crippen LogP contribution in [0.1, 0.15) is 46.3 Å². The van der Waals surface area contributed by atoms with Crippen LogP contribution >= 0.6 is 0 Å². The van der Waals surface area contributed by atoms with Gasteiger partial charge in [-0.2, -0.15) is 5.26 Å². The Labute approximate surface area is 141 Å². The monoisotopic (exact) mass is 318 g/mol. The average molecular weight is 318 g/mol. The average Bonchev–Trinajstić information content (AvgIpc) is 3.08. The lowest BCUT2D eigenvalue weighted by molar-refractivity contribution is -0.116. The van der Waals surface area contributed by atoms with Gasteiger partial charge in [0.15, 0.2) is 5.78 Å². The highest BCUT2D eigenvalue weighted by atomic mass is 16.2. The van der Waals surface area contributed by atoms with Gasteiger partial charge in [0, 0.05) is 24.1 Å². The summed E-state index contributed by atoms with van der Waals surface area (Å²) in [6, 6.07) is 14.5. The predicted molar refractivity (Wildman–Crippen MR) is 91.8 cm³/mol. The van der Waals surface area contributed by atoms with Gasteiger partial charge in [0.05, 0.1) is 11.6 Å². The Bertz CT molecular complexity index is 817. The minimum absolute atomic E-state index is 0.000298. The lowest BCUT2D eigenvalue weighted by Gasteiger charge is -2.06. The highest BCUT2D eigenvalue weighted by Gasteiger charge is 2.15. The van der Waals surface area contributed by atoms with Crippen LogP contribution in [0.25, 0.3) is 0 Å². The quantitative estimate of drug-likeness (QED) is 0.855. The van der Waals surface area contributed by atoms with Crippen molar-refractivity contribution in [3.63, 3.8) is 0 Å². The lowest BCUT2D eigenvalue weighted by Crippen LogP contribution is -2.13. The molecular formula is C20H18N2O2. The number of Topliss-reactive ketones (excluding diaryl/α,β-unsaturated/α-hetero) is 1. The van der Waals surface area contributed by atoms with Crippen LogP contribution in [0.4, 0.5) is 5.69 Å². The second kappa shape index (κ2) is 7.10. The number of anilines is 1. The number of hydrogen-bond acceptors (Lipinski definition) is 3. The number of fused-ring (bicyclic) bond motifs is 1. The summed E-state index contributed by atoms with van der Waals surface area (Å²) in [5.41, 5.74) is 4.47. The molecule has 0 unspecified atom stereocenters. The van der Waals surface area contributed by atoms with E-state index in [0.717, 1.165) is 19.3 Å². The fraction of sp³-hybridized carbons (Fsp3) is 0.250. The van der Waals surface area contributed by atoms with Gasteiger partial charge in [-0.15, -0.1) is 0 Å². The molecule has 1 aliphatic rings. The van der Waals surface area contributed by atoms with Crippen molar-refractivity contribution in [2.24, 2.45) is 0 Å². The normalized spacial score (nSPS) is 12.3. The van der Waals surface area contributed by atoms with E-state index in [1.165, 1.54) is 11.1 Å². The lowest BCUT2D eigenvalue weighted by atomic mass is 10.0. The van der Waals surface area contributed by atoms with Crippen LogP contribution in [-0.4, -0.2) is 11.7 Å². The van der Waals surface area contributed by atoms with Crippen LogP contribution < -0.4 is 5.32 Å². The summed E-state index contributed by atoms with van der Waals surface area (Å²) in [7, 11) is 0. The molecule has 0 radical (unpaired) electrons. The third-order valence-corrected chi connectivity index (χ3v) is 4.30. The molecule has 0 fully saturated rings. The van der Waals surface area contributed by atoms with Crippen molar-refractivity contribution >= 4 is 17.4 Å². The van der Waals surface area contributed by atoms with Gasteiger partial charge < -0.3 is 5.32 Å². The second-order valence-corrected chi connectivity index (χ2v) is 6.00. The van der Waals surface area contributed by atoms with Crippen LogP contribution in [-0.2, 0) is 17.6 Å². The summed E-state index contributed by atoms with van der Waals surface area (Å²) in [5, 5.41) is 11.5. The number of benzene rings is 2. The van der Waals surface area contributed by atoms with E-state index in [0.29, 0.717) is 16.8 Å². The van der Waals surface area contributed by atoms with Gasteiger partial charge in [0.1, 0.15) is 0 Å². The molecule has 0 aromatic heterocycles. The van der Waals surface area contributed by atoms with Crippen LogP contribution in [0.15, 0.2) is 42.5 Å². The molecule has 24 heavy (non-hydrogen) atoms. The second-order valence-electron chi connectivity index (χ2n) is 6.00. The van der Waals surface area contributed by atoms with Crippen molar-refractivity contribution in [1.82, 2.24) is 0 Å². The molecule has 0 atom stereocenters. The number of nitrogens with one attached hydrogen (secondary N) is 1. The van der Waals surface area contributed by atoms with E-state index in [1.54, 1.807) is 24.3 Å². The number of hydrogen-bond donors (Lipinski definition) is 1. The third-order valence-electron chi connectivity index (χ3n) is 4.30. The molecule has 0 heterocycles. The molecule has 0 saturated heterocycles. The summed E-state index contributed by atoms with van der Waals surface area (Å²) in [4.78, 5) is 24.2. The summed E-state index contributed by atoms with van der Waals surface area (Å²) in [6.45, 7) is 0. The van der Waals surface area contributed by atoms with Crippen LogP contribution in [0.3, 0.4) is 0 Å². The van der Waals surface area contributed by atoms with Gasteiger partial charge in [-0.05, 0) is 60.7 Å². The molecule has 0 bridgehead atoms. The predicted octanol–water partition coefficient (Wildman–Crippen LogP) is 3.65. The first kappa shape index (κ1) is 15.9. The molecule has 0 aliphatic heterocycles. The Morgan fingerprint density at radius 2 is 1.75 bits per heavy atom. The third kappa shape index (κ3) is 3.69. The van der Waals surface area contributed by atoms with E-state index in [-0.39, 0.29) is 24.5 Å². The molecule has 2 aromatic carbocycles. The summed E-state index contributed by atoms with van der Waals surface area (Å²) in [6.07, 6.45) is 3.63. The Morgan fingerprint density at radius 3 is 2.50 bits per heavy atom. The Kier molecular flexibility index (Phi) is 4.72. The Hall–Kier alpha value is -2.93. The van der Waals surface area contributed by atoms with Crippen molar-refractivity contribution in [2.45, 2.75) is 32.1 Å². The van der Waals surface area contributed by atoms with Crippen molar-refractivity contribution in [3.05, 3.63) is 64.7 Å². The van der Waals surface area contributed by atoms with Crippen LogP contribution in [0.5, 0.6) is 0 Å². The van der Waals surface area contributed by atoms with Gasteiger partial charge in [-0.25, -0.2) is 0 Å². The standard InChI is InChI=1S/C20H18N2O2/c21-13-14-4-8-18(9-5-14)22-20(24)11-10-19(23)17-7-6-15-2-1-3-16(15)12-17/h4-9,12H,1-3,10-11H2,(H,22,24). The molecule has 2 aromatic rings. The molecule has 1 amide bonds. The maximum absolute atomic E-state index is 12.3. The maximum atomic E-state index is 12.3. The molecule has 0 spiro atoms. The number of nitrogens with zero attached hydrogens (tertiary/aromatic N) is 1. The van der Waals surface area contributed by atoms with E-state index >= 15 is 0 Å². The van der Waals surface area contributed by atoms with Gasteiger partial charge in [-0.1, -0.05) is 12.1 Å². The number of ketones is 1. The largest absolute Gasteiger partial charge is 0.326 e. The van der Waals surface area contributed by atoms with Crippen molar-refractivity contribution in [2.75, 3.05) is 5.32 Å². The highest BCUT2D eigenvalue weighted by molar-refractivity contribution is 6.00. The number of amides is 1. The van der Waals surface area contributed by atoms with Gasteiger partial charge >= 0.3 is 0 Å². The Morgan fingerprint density at radius 1 is 1.00 bits per heavy atom. The minimum Gasteiger partial charge on any atom is -0.326 e. The SMILES string of the molecule is N#Cc1ccc(NC(=O)CCC(=O)c2ccc3c(c2)CCC3)cc1. The van der Waals surface area contributed by atoms with E-state index in [9.17, 15) is 9.59 Å². The first-order valence-electron chi connectivity index (χ1n) is 8.11. The first-order chi connectivity index (χ1) is 11.7. The number of carbonyl (C=O) groups is 2. The van der Waals surface area contributed by atoms with Crippen LogP contribution in [0.2, 0.25) is 0 Å². The fourth-order valence-electron chi connectivity index (χ4n) is 2.97.